The van der Waals surface area contributed by atoms with E-state index >= 15 is 0 Å². The van der Waals surface area contributed by atoms with Crippen molar-refractivity contribution in [3.63, 3.8) is 0 Å². The van der Waals surface area contributed by atoms with Gasteiger partial charge in [-0.2, -0.15) is 13.2 Å². The number of thiazole rings is 1. The maximum absolute atomic E-state index is 12.6. The first kappa shape index (κ1) is 20.1. The minimum Gasteiger partial charge on any atom is -0.357 e. The predicted molar refractivity (Wildman–Crippen MR) is 105 cm³/mol. The lowest BCUT2D eigenvalue weighted by Crippen LogP contribution is -2.38. The standard InChI is InChI=1S/C19H20F3N5S/c1-2-23-18(25-10-8-17-27-16(12-28-17)19(20,21)22)26-11-15-14-6-4-3-5-13(14)7-9-24-15/h3-7,9,12H,2,8,10-11H2,1H3,(H2,23,25,26). The molecule has 2 aromatic heterocycles. The van der Waals surface area contributed by atoms with Gasteiger partial charge in [-0.05, 0) is 18.4 Å². The number of benzene rings is 1. The Morgan fingerprint density at radius 3 is 2.75 bits per heavy atom. The average Bonchev–Trinajstić information content (AvgIpc) is 3.15. The van der Waals surface area contributed by atoms with Crippen LogP contribution in [0.15, 0.2) is 46.9 Å². The third kappa shape index (κ3) is 5.19. The van der Waals surface area contributed by atoms with Gasteiger partial charge in [0, 0.05) is 36.5 Å². The van der Waals surface area contributed by atoms with Gasteiger partial charge in [-0.1, -0.05) is 24.3 Å². The van der Waals surface area contributed by atoms with Crippen molar-refractivity contribution in [2.24, 2.45) is 4.99 Å². The van der Waals surface area contributed by atoms with Crippen molar-refractivity contribution in [2.45, 2.75) is 26.1 Å². The van der Waals surface area contributed by atoms with Crippen molar-refractivity contribution < 1.29 is 13.2 Å². The van der Waals surface area contributed by atoms with Gasteiger partial charge in [-0.25, -0.2) is 9.98 Å². The molecular formula is C19H20F3N5S. The first-order valence-electron chi connectivity index (χ1n) is 8.83. The molecule has 0 saturated carbocycles. The summed E-state index contributed by atoms with van der Waals surface area (Å²) in [5.41, 5.74) is 0.0279. The minimum atomic E-state index is -4.40. The second kappa shape index (κ2) is 9.01. The highest BCUT2D eigenvalue weighted by molar-refractivity contribution is 7.09. The highest BCUT2D eigenvalue weighted by Gasteiger charge is 2.33. The van der Waals surface area contributed by atoms with Gasteiger partial charge in [0.1, 0.15) is 0 Å². The molecule has 0 spiro atoms. The number of aliphatic imine (C=N–C) groups is 1. The van der Waals surface area contributed by atoms with Crippen LogP contribution in [0.4, 0.5) is 13.2 Å². The molecule has 0 atom stereocenters. The Bertz CT molecular complexity index is 947. The highest BCUT2D eigenvalue weighted by Crippen LogP contribution is 2.30. The number of nitrogens with zero attached hydrogens (tertiary/aromatic N) is 3. The van der Waals surface area contributed by atoms with E-state index in [9.17, 15) is 13.2 Å². The third-order valence-corrected chi connectivity index (χ3v) is 4.87. The average molecular weight is 407 g/mol. The summed E-state index contributed by atoms with van der Waals surface area (Å²) in [6.07, 6.45) is -2.25. The van der Waals surface area contributed by atoms with Crippen molar-refractivity contribution in [3.8, 4) is 0 Å². The van der Waals surface area contributed by atoms with Crippen LogP contribution in [0.3, 0.4) is 0 Å². The van der Waals surface area contributed by atoms with Gasteiger partial charge in [0.05, 0.1) is 17.2 Å². The van der Waals surface area contributed by atoms with Crippen LogP contribution in [-0.2, 0) is 19.1 Å². The fourth-order valence-corrected chi connectivity index (χ4v) is 3.45. The molecule has 0 unspecified atom stereocenters. The van der Waals surface area contributed by atoms with Gasteiger partial charge in [-0.15, -0.1) is 11.3 Å². The zero-order chi connectivity index (χ0) is 20.0. The van der Waals surface area contributed by atoms with Crippen molar-refractivity contribution in [1.82, 2.24) is 20.6 Å². The zero-order valence-corrected chi connectivity index (χ0v) is 16.1. The van der Waals surface area contributed by atoms with Gasteiger partial charge in [0.15, 0.2) is 11.7 Å². The van der Waals surface area contributed by atoms with Crippen LogP contribution in [0, 0.1) is 0 Å². The maximum atomic E-state index is 12.6. The molecule has 2 N–H and O–H groups in total. The molecule has 0 radical (unpaired) electrons. The highest BCUT2D eigenvalue weighted by atomic mass is 32.1. The van der Waals surface area contributed by atoms with Crippen molar-refractivity contribution in [3.05, 3.63) is 58.3 Å². The number of aromatic nitrogens is 2. The first-order valence-corrected chi connectivity index (χ1v) is 9.71. The molecule has 0 aliphatic carbocycles. The molecule has 2 heterocycles. The maximum Gasteiger partial charge on any atom is 0.434 e. The number of halogens is 3. The molecule has 9 heteroatoms. The molecule has 28 heavy (non-hydrogen) atoms. The summed E-state index contributed by atoms with van der Waals surface area (Å²) >= 11 is 1.01. The Morgan fingerprint density at radius 1 is 1.18 bits per heavy atom. The molecule has 0 amide bonds. The minimum absolute atomic E-state index is 0.387. The fourth-order valence-electron chi connectivity index (χ4n) is 2.65. The van der Waals surface area contributed by atoms with Crippen molar-refractivity contribution in [1.29, 1.82) is 0 Å². The van der Waals surface area contributed by atoms with Gasteiger partial charge in [-0.3, -0.25) is 4.98 Å². The van der Waals surface area contributed by atoms with E-state index < -0.39 is 11.9 Å². The Morgan fingerprint density at radius 2 is 2.00 bits per heavy atom. The van der Waals surface area contributed by atoms with Gasteiger partial charge in [0.25, 0.3) is 0 Å². The lowest BCUT2D eigenvalue weighted by atomic mass is 10.1. The van der Waals surface area contributed by atoms with E-state index in [0.29, 0.717) is 37.0 Å². The second-order valence-electron chi connectivity index (χ2n) is 5.97. The van der Waals surface area contributed by atoms with E-state index in [0.717, 1.165) is 33.2 Å². The Balaban J connectivity index is 1.62. The van der Waals surface area contributed by atoms with E-state index in [1.54, 1.807) is 6.20 Å². The SMILES string of the molecule is CCNC(=NCc1nccc2ccccc12)NCCc1nc(C(F)(F)F)cs1. The number of rotatable bonds is 6. The van der Waals surface area contributed by atoms with Gasteiger partial charge >= 0.3 is 6.18 Å². The van der Waals surface area contributed by atoms with Crippen LogP contribution >= 0.6 is 11.3 Å². The molecule has 3 aromatic rings. The quantitative estimate of drug-likeness (QED) is 0.479. The summed E-state index contributed by atoms with van der Waals surface area (Å²) in [4.78, 5) is 12.6. The molecule has 5 nitrogen and oxygen atoms in total. The molecule has 1 aromatic carbocycles. The first-order chi connectivity index (χ1) is 13.5. The predicted octanol–water partition coefficient (Wildman–Crippen LogP) is 4.01. The van der Waals surface area contributed by atoms with E-state index in [1.807, 2.05) is 37.3 Å². The van der Waals surface area contributed by atoms with Crippen LogP contribution in [-0.4, -0.2) is 29.0 Å². The van der Waals surface area contributed by atoms with E-state index in [4.69, 9.17) is 0 Å². The summed E-state index contributed by atoms with van der Waals surface area (Å²) in [5.74, 6) is 0.588. The zero-order valence-electron chi connectivity index (χ0n) is 15.3. The Hall–Kier alpha value is -2.68. The van der Waals surface area contributed by atoms with Gasteiger partial charge < -0.3 is 10.6 Å². The van der Waals surface area contributed by atoms with E-state index in [-0.39, 0.29) is 0 Å². The summed E-state index contributed by atoms with van der Waals surface area (Å²) in [7, 11) is 0. The van der Waals surface area contributed by atoms with Gasteiger partial charge in [0.2, 0.25) is 0 Å². The number of guanidine groups is 1. The van der Waals surface area contributed by atoms with Crippen molar-refractivity contribution >= 4 is 28.1 Å². The molecule has 0 aliphatic rings. The lowest BCUT2D eigenvalue weighted by molar-refractivity contribution is -0.140. The molecule has 0 bridgehead atoms. The van der Waals surface area contributed by atoms with Crippen LogP contribution in [0.2, 0.25) is 0 Å². The largest absolute Gasteiger partial charge is 0.434 e. The van der Waals surface area contributed by atoms with E-state index in [1.165, 1.54) is 0 Å². The monoisotopic (exact) mass is 407 g/mol. The summed E-state index contributed by atoms with van der Waals surface area (Å²) in [6, 6.07) is 9.92. The number of hydrogen-bond donors (Lipinski definition) is 2. The molecule has 3 rings (SSSR count). The summed E-state index contributed by atoms with van der Waals surface area (Å²) in [5, 5.41) is 9.89. The van der Waals surface area contributed by atoms with Crippen LogP contribution in [0.5, 0.6) is 0 Å². The van der Waals surface area contributed by atoms with Crippen LogP contribution in [0.1, 0.15) is 23.3 Å². The third-order valence-electron chi connectivity index (χ3n) is 3.96. The smallest absolute Gasteiger partial charge is 0.357 e. The second-order valence-corrected chi connectivity index (χ2v) is 6.92. The van der Waals surface area contributed by atoms with Crippen molar-refractivity contribution in [2.75, 3.05) is 13.1 Å². The topological polar surface area (TPSA) is 62.2 Å². The number of alkyl halides is 3. The Kier molecular flexibility index (Phi) is 6.45. The molecule has 148 valence electrons. The number of pyridine rings is 1. The normalized spacial score (nSPS) is 12.4. The molecule has 0 aliphatic heterocycles. The van der Waals surface area contributed by atoms with Crippen LogP contribution in [0.25, 0.3) is 10.8 Å². The lowest BCUT2D eigenvalue weighted by Gasteiger charge is -2.11. The molecular weight excluding hydrogens is 387 g/mol. The fraction of sp³-hybridized carbons (Fsp3) is 0.316. The number of hydrogen-bond acceptors (Lipinski definition) is 4. The molecule has 0 saturated heterocycles. The van der Waals surface area contributed by atoms with E-state index in [2.05, 4.69) is 25.6 Å². The molecule has 0 fully saturated rings. The summed E-state index contributed by atoms with van der Waals surface area (Å²) < 4.78 is 37.9. The number of nitrogens with one attached hydrogen (secondary N) is 2. The summed E-state index contributed by atoms with van der Waals surface area (Å²) in [6.45, 7) is 3.44. The van der Waals surface area contributed by atoms with Crippen LogP contribution < -0.4 is 10.6 Å². The number of fused-ring (bicyclic) bond motifs is 1. The Labute approximate surface area is 164 Å².